The fraction of sp³-hybridized carbons (Fsp3) is 0.462. The third-order valence-corrected chi connectivity index (χ3v) is 2.37. The van der Waals surface area contributed by atoms with Gasteiger partial charge in [-0.25, -0.2) is 4.99 Å². The standard InChI is InChI=1S/C13H21N3/c1-10(2)8-15-13(14)16-9-12-7-5-4-6-11(12)3/h4-7,10H,8-9H2,1-3H3,(H3,14,15,16). The summed E-state index contributed by atoms with van der Waals surface area (Å²) < 4.78 is 0. The minimum atomic E-state index is 0.525. The Hall–Kier alpha value is -1.51. The van der Waals surface area contributed by atoms with E-state index in [1.54, 1.807) is 0 Å². The van der Waals surface area contributed by atoms with Gasteiger partial charge in [0.05, 0.1) is 6.54 Å². The molecule has 0 amide bonds. The van der Waals surface area contributed by atoms with Crippen LogP contribution in [0.25, 0.3) is 0 Å². The van der Waals surface area contributed by atoms with E-state index in [9.17, 15) is 0 Å². The van der Waals surface area contributed by atoms with Gasteiger partial charge in [-0.05, 0) is 24.0 Å². The van der Waals surface area contributed by atoms with Crippen molar-refractivity contribution in [1.29, 1.82) is 0 Å². The molecule has 88 valence electrons. The van der Waals surface area contributed by atoms with Crippen LogP contribution in [-0.2, 0) is 6.54 Å². The van der Waals surface area contributed by atoms with Gasteiger partial charge in [-0.2, -0.15) is 0 Å². The van der Waals surface area contributed by atoms with Gasteiger partial charge < -0.3 is 11.1 Å². The van der Waals surface area contributed by atoms with Crippen molar-refractivity contribution in [1.82, 2.24) is 5.32 Å². The van der Waals surface area contributed by atoms with Crippen molar-refractivity contribution in [3.8, 4) is 0 Å². The van der Waals surface area contributed by atoms with Crippen LogP contribution in [0.15, 0.2) is 29.3 Å². The molecular weight excluding hydrogens is 198 g/mol. The summed E-state index contributed by atoms with van der Waals surface area (Å²) in [7, 11) is 0. The van der Waals surface area contributed by atoms with E-state index in [1.165, 1.54) is 11.1 Å². The molecular formula is C13H21N3. The van der Waals surface area contributed by atoms with Crippen molar-refractivity contribution >= 4 is 5.96 Å². The Morgan fingerprint density at radius 1 is 1.38 bits per heavy atom. The molecule has 0 saturated carbocycles. The number of benzene rings is 1. The summed E-state index contributed by atoms with van der Waals surface area (Å²) in [4.78, 5) is 4.31. The largest absolute Gasteiger partial charge is 0.370 e. The Morgan fingerprint density at radius 3 is 2.69 bits per heavy atom. The van der Waals surface area contributed by atoms with Crippen molar-refractivity contribution in [3.05, 3.63) is 35.4 Å². The molecule has 3 N–H and O–H groups in total. The zero-order valence-corrected chi connectivity index (χ0v) is 10.3. The number of nitrogens with zero attached hydrogens (tertiary/aromatic N) is 1. The monoisotopic (exact) mass is 219 g/mol. The van der Waals surface area contributed by atoms with E-state index in [-0.39, 0.29) is 0 Å². The molecule has 1 aromatic rings. The van der Waals surface area contributed by atoms with E-state index in [0.717, 1.165) is 6.54 Å². The zero-order valence-electron chi connectivity index (χ0n) is 10.3. The normalized spacial score (nSPS) is 11.9. The van der Waals surface area contributed by atoms with Gasteiger partial charge >= 0.3 is 0 Å². The molecule has 0 bridgehead atoms. The molecule has 0 radical (unpaired) electrons. The number of hydrogen-bond donors (Lipinski definition) is 2. The smallest absolute Gasteiger partial charge is 0.188 e. The summed E-state index contributed by atoms with van der Waals surface area (Å²) in [5.74, 6) is 1.10. The number of guanidine groups is 1. The fourth-order valence-electron chi connectivity index (χ4n) is 1.32. The third-order valence-electron chi connectivity index (χ3n) is 2.37. The molecule has 1 aromatic carbocycles. The molecule has 0 saturated heterocycles. The molecule has 0 heterocycles. The predicted molar refractivity (Wildman–Crippen MR) is 69.3 cm³/mol. The zero-order chi connectivity index (χ0) is 12.0. The second-order valence-electron chi connectivity index (χ2n) is 4.40. The Morgan fingerprint density at radius 2 is 2.06 bits per heavy atom. The third kappa shape index (κ3) is 4.34. The number of aliphatic imine (C=N–C) groups is 1. The van der Waals surface area contributed by atoms with Crippen LogP contribution >= 0.6 is 0 Å². The molecule has 1 rings (SSSR count). The van der Waals surface area contributed by atoms with Crippen LogP contribution in [0.1, 0.15) is 25.0 Å². The molecule has 0 aliphatic rings. The predicted octanol–water partition coefficient (Wildman–Crippen LogP) is 2.06. The topological polar surface area (TPSA) is 50.4 Å². The number of aryl methyl sites for hydroxylation is 1. The molecule has 3 nitrogen and oxygen atoms in total. The van der Waals surface area contributed by atoms with E-state index in [1.807, 2.05) is 12.1 Å². The van der Waals surface area contributed by atoms with E-state index < -0.39 is 0 Å². The highest BCUT2D eigenvalue weighted by Gasteiger charge is 1.97. The quantitative estimate of drug-likeness (QED) is 0.601. The van der Waals surface area contributed by atoms with Gasteiger partial charge in [-0.1, -0.05) is 38.1 Å². The summed E-state index contributed by atoms with van der Waals surface area (Å²) in [6, 6.07) is 8.22. The van der Waals surface area contributed by atoms with Crippen molar-refractivity contribution < 1.29 is 0 Å². The average molecular weight is 219 g/mol. The van der Waals surface area contributed by atoms with E-state index in [4.69, 9.17) is 5.73 Å². The lowest BCUT2D eigenvalue weighted by molar-refractivity contribution is 0.622. The molecule has 0 fully saturated rings. The van der Waals surface area contributed by atoms with Gasteiger partial charge in [-0.3, -0.25) is 0 Å². The van der Waals surface area contributed by atoms with Crippen LogP contribution < -0.4 is 11.1 Å². The Bertz CT molecular complexity index is 356. The summed E-state index contributed by atoms with van der Waals surface area (Å²) in [6.07, 6.45) is 0. The summed E-state index contributed by atoms with van der Waals surface area (Å²) in [5.41, 5.74) is 8.23. The summed E-state index contributed by atoms with van der Waals surface area (Å²) >= 11 is 0. The number of nitrogens with two attached hydrogens (primary N) is 1. The lowest BCUT2D eigenvalue weighted by Crippen LogP contribution is -2.34. The van der Waals surface area contributed by atoms with Crippen LogP contribution in [0, 0.1) is 12.8 Å². The average Bonchev–Trinajstić information content (AvgIpc) is 2.25. The van der Waals surface area contributed by atoms with Crippen molar-refractivity contribution in [2.24, 2.45) is 16.6 Å². The highest BCUT2D eigenvalue weighted by atomic mass is 15.1. The maximum absolute atomic E-state index is 5.76. The fourth-order valence-corrected chi connectivity index (χ4v) is 1.32. The van der Waals surface area contributed by atoms with E-state index in [0.29, 0.717) is 18.4 Å². The molecule has 0 aromatic heterocycles. The van der Waals surface area contributed by atoms with Gasteiger partial charge in [0, 0.05) is 6.54 Å². The highest BCUT2D eigenvalue weighted by molar-refractivity contribution is 5.77. The van der Waals surface area contributed by atoms with Crippen LogP contribution in [0.4, 0.5) is 0 Å². The molecule has 3 heteroatoms. The maximum Gasteiger partial charge on any atom is 0.188 e. The minimum Gasteiger partial charge on any atom is -0.370 e. The first-order valence-electron chi connectivity index (χ1n) is 5.68. The van der Waals surface area contributed by atoms with Crippen molar-refractivity contribution in [2.45, 2.75) is 27.3 Å². The molecule has 0 unspecified atom stereocenters. The van der Waals surface area contributed by atoms with Crippen LogP contribution in [0.5, 0.6) is 0 Å². The van der Waals surface area contributed by atoms with Gasteiger partial charge in [0.1, 0.15) is 0 Å². The van der Waals surface area contributed by atoms with Gasteiger partial charge in [0.2, 0.25) is 0 Å². The first-order valence-corrected chi connectivity index (χ1v) is 5.68. The van der Waals surface area contributed by atoms with Crippen LogP contribution in [0.3, 0.4) is 0 Å². The van der Waals surface area contributed by atoms with Crippen LogP contribution in [-0.4, -0.2) is 12.5 Å². The lowest BCUT2D eigenvalue weighted by atomic mass is 10.1. The molecule has 0 aliphatic carbocycles. The van der Waals surface area contributed by atoms with Gasteiger partial charge in [0.15, 0.2) is 5.96 Å². The van der Waals surface area contributed by atoms with Crippen molar-refractivity contribution in [2.75, 3.05) is 6.54 Å². The van der Waals surface area contributed by atoms with Gasteiger partial charge in [0.25, 0.3) is 0 Å². The molecule has 0 aliphatic heterocycles. The number of nitrogens with one attached hydrogen (secondary N) is 1. The number of hydrogen-bond acceptors (Lipinski definition) is 1. The lowest BCUT2D eigenvalue weighted by Gasteiger charge is -2.08. The summed E-state index contributed by atoms with van der Waals surface area (Å²) in [6.45, 7) is 7.87. The Balaban J connectivity index is 2.49. The molecule has 16 heavy (non-hydrogen) atoms. The first kappa shape index (κ1) is 12.6. The molecule has 0 atom stereocenters. The minimum absolute atomic E-state index is 0.525. The second-order valence-corrected chi connectivity index (χ2v) is 4.40. The Labute approximate surface area is 97.8 Å². The van der Waals surface area contributed by atoms with Gasteiger partial charge in [-0.15, -0.1) is 0 Å². The Kier molecular flexibility index (Phi) is 4.83. The SMILES string of the molecule is Cc1ccccc1CN=C(N)NCC(C)C. The number of rotatable bonds is 4. The first-order chi connectivity index (χ1) is 7.59. The molecule has 0 spiro atoms. The van der Waals surface area contributed by atoms with Crippen LogP contribution in [0.2, 0.25) is 0 Å². The second kappa shape index (κ2) is 6.16. The van der Waals surface area contributed by atoms with E-state index >= 15 is 0 Å². The van der Waals surface area contributed by atoms with Crippen molar-refractivity contribution in [3.63, 3.8) is 0 Å². The van der Waals surface area contributed by atoms with E-state index in [2.05, 4.69) is 43.2 Å². The maximum atomic E-state index is 5.76. The highest BCUT2D eigenvalue weighted by Crippen LogP contribution is 2.07. The summed E-state index contributed by atoms with van der Waals surface area (Å²) in [5, 5.41) is 3.10.